The summed E-state index contributed by atoms with van der Waals surface area (Å²) in [5, 5.41) is 11.3. The van der Waals surface area contributed by atoms with Crippen molar-refractivity contribution in [2.75, 3.05) is 5.32 Å². The van der Waals surface area contributed by atoms with Gasteiger partial charge in [0, 0.05) is 16.7 Å². The second-order valence-electron chi connectivity index (χ2n) is 4.11. The van der Waals surface area contributed by atoms with Gasteiger partial charge in [-0.1, -0.05) is 28.1 Å². The van der Waals surface area contributed by atoms with E-state index in [1.807, 2.05) is 24.3 Å². The van der Waals surface area contributed by atoms with Gasteiger partial charge in [-0.25, -0.2) is 9.78 Å². The molecule has 21 heavy (non-hydrogen) atoms. The average Bonchev–Trinajstić information content (AvgIpc) is 2.47. The predicted molar refractivity (Wildman–Crippen MR) is 83.0 cm³/mol. The number of nitrogens with one attached hydrogen (secondary N) is 1. The number of pyridine rings is 1. The molecule has 0 aliphatic carbocycles. The van der Waals surface area contributed by atoms with Crippen molar-refractivity contribution < 1.29 is 14.7 Å². The molecule has 0 unspecified atom stereocenters. The predicted octanol–water partition coefficient (Wildman–Crippen LogP) is 3.19. The summed E-state index contributed by atoms with van der Waals surface area (Å²) in [4.78, 5) is 26.2. The van der Waals surface area contributed by atoms with Gasteiger partial charge in [0.05, 0.1) is 5.56 Å². The van der Waals surface area contributed by atoms with Gasteiger partial charge in [0.2, 0.25) is 5.91 Å². The number of hydrogen-bond acceptors (Lipinski definition) is 3. The van der Waals surface area contributed by atoms with Crippen molar-refractivity contribution in [2.45, 2.75) is 0 Å². The van der Waals surface area contributed by atoms with E-state index in [0.717, 1.165) is 10.0 Å². The number of carboxylic acids is 1. The first kappa shape index (κ1) is 14.9. The largest absolute Gasteiger partial charge is 0.478 e. The van der Waals surface area contributed by atoms with Gasteiger partial charge in [-0.05, 0) is 35.9 Å². The van der Waals surface area contributed by atoms with Gasteiger partial charge in [-0.2, -0.15) is 0 Å². The lowest BCUT2D eigenvalue weighted by atomic mass is 10.2. The molecule has 1 amide bonds. The lowest BCUT2D eigenvalue weighted by Gasteiger charge is -2.01. The fourth-order valence-electron chi connectivity index (χ4n) is 1.51. The summed E-state index contributed by atoms with van der Waals surface area (Å²) < 4.78 is 0.965. The highest BCUT2D eigenvalue weighted by Crippen LogP contribution is 2.11. The van der Waals surface area contributed by atoms with E-state index in [1.165, 1.54) is 24.4 Å². The maximum Gasteiger partial charge on any atom is 0.337 e. The number of aromatic nitrogens is 1. The first-order valence-electron chi connectivity index (χ1n) is 5.98. The number of rotatable bonds is 4. The Kier molecular flexibility index (Phi) is 4.84. The highest BCUT2D eigenvalue weighted by Gasteiger charge is 2.04. The molecular weight excluding hydrogens is 336 g/mol. The van der Waals surface area contributed by atoms with Crippen molar-refractivity contribution >= 4 is 39.7 Å². The van der Waals surface area contributed by atoms with Crippen molar-refractivity contribution in [3.8, 4) is 0 Å². The fourth-order valence-corrected chi connectivity index (χ4v) is 1.77. The lowest BCUT2D eigenvalue weighted by Crippen LogP contribution is -2.09. The topological polar surface area (TPSA) is 79.3 Å². The number of nitrogens with zero attached hydrogens (tertiary/aromatic N) is 1. The number of benzene rings is 1. The van der Waals surface area contributed by atoms with Crippen LogP contribution >= 0.6 is 15.9 Å². The number of hydrogen-bond donors (Lipinski definition) is 2. The number of anilines is 1. The molecule has 2 aromatic rings. The second kappa shape index (κ2) is 6.81. The molecule has 0 fully saturated rings. The molecule has 0 aliphatic heterocycles. The van der Waals surface area contributed by atoms with Crippen LogP contribution in [0, 0.1) is 0 Å². The zero-order valence-corrected chi connectivity index (χ0v) is 12.4. The molecule has 0 atom stereocenters. The third-order valence-corrected chi connectivity index (χ3v) is 3.09. The zero-order valence-electron chi connectivity index (χ0n) is 10.8. The van der Waals surface area contributed by atoms with Gasteiger partial charge in [-0.15, -0.1) is 0 Å². The van der Waals surface area contributed by atoms with Crippen LogP contribution in [-0.4, -0.2) is 22.0 Å². The summed E-state index contributed by atoms with van der Waals surface area (Å²) in [5.41, 5.74) is 0.959. The maximum absolute atomic E-state index is 11.7. The molecule has 0 saturated heterocycles. The maximum atomic E-state index is 11.7. The Bertz CT molecular complexity index is 679. The molecule has 0 spiro atoms. The van der Waals surface area contributed by atoms with Crippen LogP contribution in [0.3, 0.4) is 0 Å². The summed E-state index contributed by atoms with van der Waals surface area (Å²) in [7, 11) is 0. The van der Waals surface area contributed by atoms with Crippen LogP contribution in [0.2, 0.25) is 0 Å². The summed E-state index contributed by atoms with van der Waals surface area (Å²) in [6.07, 6.45) is 4.25. The number of carbonyl (C=O) groups excluding carboxylic acids is 1. The smallest absolute Gasteiger partial charge is 0.337 e. The van der Waals surface area contributed by atoms with Gasteiger partial charge in [0.25, 0.3) is 0 Å². The van der Waals surface area contributed by atoms with Crippen LogP contribution in [0.4, 0.5) is 5.82 Å². The average molecular weight is 347 g/mol. The van der Waals surface area contributed by atoms with Crippen molar-refractivity contribution in [2.24, 2.45) is 0 Å². The molecule has 1 aromatic carbocycles. The fraction of sp³-hybridized carbons (Fsp3) is 0. The van der Waals surface area contributed by atoms with Crippen LogP contribution < -0.4 is 5.32 Å². The van der Waals surface area contributed by atoms with Crippen LogP contribution in [0.1, 0.15) is 15.9 Å². The lowest BCUT2D eigenvalue weighted by molar-refractivity contribution is -0.111. The number of aromatic carboxylic acids is 1. The Morgan fingerprint density at radius 1 is 1.14 bits per heavy atom. The van der Waals surface area contributed by atoms with E-state index in [0.29, 0.717) is 5.82 Å². The SMILES string of the molecule is O=C(C=Cc1ccc(Br)cc1)Nc1ccc(C(=O)O)cn1. The first-order valence-corrected chi connectivity index (χ1v) is 6.78. The van der Waals surface area contributed by atoms with Gasteiger partial charge in [0.1, 0.15) is 5.82 Å². The third kappa shape index (κ3) is 4.54. The molecule has 0 radical (unpaired) electrons. The van der Waals surface area contributed by atoms with E-state index in [1.54, 1.807) is 6.08 Å². The van der Waals surface area contributed by atoms with Crippen LogP contribution in [0.5, 0.6) is 0 Å². The summed E-state index contributed by atoms with van der Waals surface area (Å²) >= 11 is 3.33. The van der Waals surface area contributed by atoms with Gasteiger partial charge in [-0.3, -0.25) is 4.79 Å². The molecule has 0 aliphatic rings. The molecule has 5 nitrogen and oxygen atoms in total. The standard InChI is InChI=1S/C15H11BrN2O3/c16-12-5-1-10(2-6-12)3-8-14(19)18-13-7-4-11(9-17-13)15(20)21/h1-9H,(H,20,21)(H,17,18,19). The molecule has 2 N–H and O–H groups in total. The number of halogens is 1. The first-order chi connectivity index (χ1) is 10.0. The summed E-state index contributed by atoms with van der Waals surface area (Å²) in [5.74, 6) is -1.10. The Hall–Kier alpha value is -2.47. The third-order valence-electron chi connectivity index (χ3n) is 2.56. The van der Waals surface area contributed by atoms with E-state index in [-0.39, 0.29) is 11.5 Å². The molecule has 1 heterocycles. The Morgan fingerprint density at radius 3 is 2.43 bits per heavy atom. The Balaban J connectivity index is 1.98. The molecule has 0 saturated carbocycles. The number of amides is 1. The van der Waals surface area contributed by atoms with Gasteiger partial charge >= 0.3 is 5.97 Å². The molecule has 106 valence electrons. The minimum absolute atomic E-state index is 0.0680. The van der Waals surface area contributed by atoms with Crippen molar-refractivity contribution in [1.29, 1.82) is 0 Å². The van der Waals surface area contributed by atoms with Crippen LogP contribution in [-0.2, 0) is 4.79 Å². The molecular formula is C15H11BrN2O3. The quantitative estimate of drug-likeness (QED) is 0.833. The Morgan fingerprint density at radius 2 is 1.86 bits per heavy atom. The van der Waals surface area contributed by atoms with Gasteiger partial charge in [0.15, 0.2) is 0 Å². The second-order valence-corrected chi connectivity index (χ2v) is 5.03. The highest BCUT2D eigenvalue weighted by molar-refractivity contribution is 9.10. The summed E-state index contributed by atoms with van der Waals surface area (Å²) in [6.45, 7) is 0. The molecule has 0 bridgehead atoms. The molecule has 1 aromatic heterocycles. The van der Waals surface area contributed by atoms with Crippen LogP contribution in [0.15, 0.2) is 53.1 Å². The molecule has 6 heteroatoms. The Labute approximate surface area is 129 Å². The zero-order chi connectivity index (χ0) is 15.2. The van der Waals surface area contributed by atoms with E-state index in [9.17, 15) is 9.59 Å². The van der Waals surface area contributed by atoms with E-state index >= 15 is 0 Å². The highest BCUT2D eigenvalue weighted by atomic mass is 79.9. The minimum Gasteiger partial charge on any atom is -0.478 e. The van der Waals surface area contributed by atoms with Crippen LogP contribution in [0.25, 0.3) is 6.08 Å². The molecule has 2 rings (SSSR count). The van der Waals surface area contributed by atoms with Gasteiger partial charge < -0.3 is 10.4 Å². The van der Waals surface area contributed by atoms with E-state index in [2.05, 4.69) is 26.2 Å². The summed E-state index contributed by atoms with van der Waals surface area (Å²) in [6, 6.07) is 10.3. The van der Waals surface area contributed by atoms with Crippen molar-refractivity contribution in [1.82, 2.24) is 4.98 Å². The normalized spacial score (nSPS) is 10.5. The van der Waals surface area contributed by atoms with E-state index in [4.69, 9.17) is 5.11 Å². The van der Waals surface area contributed by atoms with Crippen molar-refractivity contribution in [3.63, 3.8) is 0 Å². The van der Waals surface area contributed by atoms with Crippen molar-refractivity contribution in [3.05, 3.63) is 64.3 Å². The number of carboxylic acid groups (broad SMARTS) is 1. The number of carbonyl (C=O) groups is 2. The minimum atomic E-state index is -1.06. The monoisotopic (exact) mass is 346 g/mol. The van der Waals surface area contributed by atoms with E-state index < -0.39 is 5.97 Å².